The van der Waals surface area contributed by atoms with Gasteiger partial charge in [0.25, 0.3) is 0 Å². The van der Waals surface area contributed by atoms with Crippen molar-refractivity contribution >= 4 is 0 Å². The van der Waals surface area contributed by atoms with E-state index in [-0.39, 0.29) is 0 Å². The second-order valence-electron chi connectivity index (χ2n) is 1.79. The number of rotatable bonds is 2. The normalized spacial score (nSPS) is 17.1. The van der Waals surface area contributed by atoms with Crippen molar-refractivity contribution in [1.82, 2.24) is 0 Å². The molecule has 0 heteroatoms. The van der Waals surface area contributed by atoms with Crippen molar-refractivity contribution in [1.29, 1.82) is 0 Å². The maximum absolute atomic E-state index is 6.88. The molecule has 0 bridgehead atoms. The average Bonchev–Trinajstić information content (AvgIpc) is 1.68. The van der Waals surface area contributed by atoms with Gasteiger partial charge >= 0.3 is 0 Å². The Hall–Kier alpha value is -0.260. The predicted molar refractivity (Wildman–Crippen MR) is 34.3 cm³/mol. The van der Waals surface area contributed by atoms with Crippen LogP contribution in [0.3, 0.4) is 0 Å². The van der Waals surface area contributed by atoms with E-state index in [1.54, 1.807) is 0 Å². The van der Waals surface area contributed by atoms with E-state index in [1.165, 1.54) is 0 Å². The summed E-state index contributed by atoms with van der Waals surface area (Å²) in [5.74, 6) is 0.595. The van der Waals surface area contributed by atoms with Crippen LogP contribution >= 0.6 is 0 Å². The summed E-state index contributed by atoms with van der Waals surface area (Å²) < 4.78 is 6.88. The molecule has 0 N–H and O–H groups in total. The Morgan fingerprint density at radius 2 is 2.57 bits per heavy atom. The highest BCUT2D eigenvalue weighted by Gasteiger charge is 1.85. The zero-order chi connectivity index (χ0) is 6.41. The van der Waals surface area contributed by atoms with Crippen LogP contribution in [0.2, 0.25) is 0 Å². The average molecular weight is 99.2 g/mol. The third kappa shape index (κ3) is 3.57. The van der Waals surface area contributed by atoms with Crippen molar-refractivity contribution < 1.29 is 1.37 Å². The molecule has 1 atom stereocenters. The van der Waals surface area contributed by atoms with Gasteiger partial charge in [0.05, 0.1) is 0 Å². The first-order valence-electron chi connectivity index (χ1n) is 3.44. The van der Waals surface area contributed by atoms with Crippen LogP contribution in [-0.2, 0) is 0 Å². The molecule has 0 saturated carbocycles. The zero-order valence-electron chi connectivity index (χ0n) is 6.15. The fourth-order valence-corrected chi connectivity index (χ4v) is 0.425. The molecule has 0 aliphatic rings. The summed E-state index contributed by atoms with van der Waals surface area (Å²) in [6.07, 6.45) is 5.17. The first-order valence-corrected chi connectivity index (χ1v) is 2.73. The lowest BCUT2D eigenvalue weighted by atomic mass is 10.1. The summed E-state index contributed by atoms with van der Waals surface area (Å²) >= 11 is 0. The molecular formula is C7H14. The molecule has 42 valence electrons. The van der Waals surface area contributed by atoms with Crippen LogP contribution in [0.4, 0.5) is 0 Å². The van der Waals surface area contributed by atoms with Crippen molar-refractivity contribution in [3.63, 3.8) is 0 Å². The molecule has 0 nitrogen and oxygen atoms in total. The van der Waals surface area contributed by atoms with E-state index >= 15 is 0 Å². The van der Waals surface area contributed by atoms with E-state index < -0.39 is 0 Å². The van der Waals surface area contributed by atoms with Gasteiger partial charge in [-0.1, -0.05) is 32.4 Å². The molecule has 0 heterocycles. The van der Waals surface area contributed by atoms with Gasteiger partial charge in [0.1, 0.15) is 0 Å². The number of allylic oxidation sites excluding steroid dienone is 2. The third-order valence-corrected chi connectivity index (χ3v) is 0.976. The maximum atomic E-state index is 6.88. The minimum Gasteiger partial charge on any atom is -0.0914 e. The lowest BCUT2D eigenvalue weighted by Crippen LogP contribution is -1.81. The maximum Gasteiger partial charge on any atom is 0.0231 e. The van der Waals surface area contributed by atoms with Gasteiger partial charge in [0.2, 0.25) is 0 Å². The summed E-state index contributed by atoms with van der Waals surface area (Å²) in [6.45, 7) is 4.69. The van der Waals surface area contributed by atoms with E-state index in [4.69, 9.17) is 1.37 Å². The summed E-state index contributed by atoms with van der Waals surface area (Å²) in [6, 6.07) is 0. The number of hydrogen-bond acceptors (Lipinski definition) is 0. The van der Waals surface area contributed by atoms with E-state index in [0.29, 0.717) is 12.8 Å². The molecule has 0 saturated heterocycles. The Morgan fingerprint density at radius 3 is 3.00 bits per heavy atom. The molecule has 0 aromatic heterocycles. The highest BCUT2D eigenvalue weighted by Crippen LogP contribution is 2.00. The minimum atomic E-state index is 0.547. The highest BCUT2D eigenvalue weighted by atomic mass is 13.9. The highest BCUT2D eigenvalue weighted by molar-refractivity contribution is 4.81. The van der Waals surface area contributed by atoms with Crippen LogP contribution in [0.5, 0.6) is 0 Å². The Labute approximate surface area is 47.6 Å². The zero-order valence-corrected chi connectivity index (χ0v) is 5.15. The van der Waals surface area contributed by atoms with Gasteiger partial charge in [0, 0.05) is 1.37 Å². The largest absolute Gasteiger partial charge is 0.0914 e. The van der Waals surface area contributed by atoms with Gasteiger partial charge in [-0.2, -0.15) is 0 Å². The van der Waals surface area contributed by atoms with Gasteiger partial charge in [-0.25, -0.2) is 0 Å². The topological polar surface area (TPSA) is 0 Å². The molecule has 0 fully saturated rings. The standard InChI is InChI=1S/C7H14/c1-4-6-7(3)5-2/h4,6-7H,5H2,1-3H3/i2D. The Kier molecular flexibility index (Phi) is 2.73. The van der Waals surface area contributed by atoms with Gasteiger partial charge in [-0.15, -0.1) is 0 Å². The van der Waals surface area contributed by atoms with Gasteiger partial charge in [0.15, 0.2) is 0 Å². The fraction of sp³-hybridized carbons (Fsp3) is 0.714. The molecular weight excluding hydrogens is 84.1 g/mol. The van der Waals surface area contributed by atoms with Gasteiger partial charge in [-0.3, -0.25) is 0 Å². The molecule has 0 aliphatic carbocycles. The second kappa shape index (κ2) is 3.91. The van der Waals surface area contributed by atoms with Crippen LogP contribution in [0.25, 0.3) is 0 Å². The van der Waals surface area contributed by atoms with Crippen LogP contribution < -0.4 is 0 Å². The smallest absolute Gasteiger partial charge is 0.0231 e. The minimum absolute atomic E-state index is 0.547. The second-order valence-corrected chi connectivity index (χ2v) is 1.79. The fourth-order valence-electron chi connectivity index (χ4n) is 0.425. The van der Waals surface area contributed by atoms with Crippen molar-refractivity contribution in [3.8, 4) is 0 Å². The Bertz CT molecular complexity index is 66.8. The monoisotopic (exact) mass is 99.1 g/mol. The molecule has 0 rings (SSSR count). The molecule has 0 radical (unpaired) electrons. The summed E-state index contributed by atoms with van der Waals surface area (Å²) in [5, 5.41) is 0. The van der Waals surface area contributed by atoms with E-state index in [1.807, 2.05) is 13.0 Å². The third-order valence-electron chi connectivity index (χ3n) is 0.976. The first kappa shape index (κ1) is 4.89. The Morgan fingerprint density at radius 1 is 1.86 bits per heavy atom. The van der Waals surface area contributed by atoms with Crippen molar-refractivity contribution in [2.75, 3.05) is 0 Å². The van der Waals surface area contributed by atoms with Crippen molar-refractivity contribution in [2.24, 2.45) is 5.92 Å². The van der Waals surface area contributed by atoms with Crippen LogP contribution in [0, 0.1) is 5.92 Å². The van der Waals surface area contributed by atoms with E-state index in [9.17, 15) is 0 Å². The molecule has 0 aliphatic heterocycles. The quantitative estimate of drug-likeness (QED) is 0.467. The van der Waals surface area contributed by atoms with Crippen LogP contribution in [0.1, 0.15) is 28.5 Å². The van der Waals surface area contributed by atoms with Gasteiger partial charge < -0.3 is 0 Å². The van der Waals surface area contributed by atoms with Crippen molar-refractivity contribution in [2.45, 2.75) is 27.2 Å². The molecule has 1 unspecified atom stereocenters. The molecule has 7 heavy (non-hydrogen) atoms. The van der Waals surface area contributed by atoms with E-state index in [2.05, 4.69) is 13.0 Å². The first-order chi connectivity index (χ1) is 3.81. The SMILES string of the molecule is [2H]CCC(C)C=CC. The van der Waals surface area contributed by atoms with Crippen LogP contribution in [-0.4, -0.2) is 0 Å². The predicted octanol–water partition coefficient (Wildman–Crippen LogP) is 2.61. The lowest BCUT2D eigenvalue weighted by Gasteiger charge is -1.95. The molecule has 0 aromatic rings. The Balaban J connectivity index is 3.17. The summed E-state index contributed by atoms with van der Waals surface area (Å²) in [4.78, 5) is 0. The van der Waals surface area contributed by atoms with Gasteiger partial charge in [-0.05, 0) is 12.8 Å². The summed E-state index contributed by atoms with van der Waals surface area (Å²) in [5.41, 5.74) is 0. The van der Waals surface area contributed by atoms with E-state index in [0.717, 1.165) is 6.42 Å². The molecule has 0 amide bonds. The molecule has 0 spiro atoms. The lowest BCUT2D eigenvalue weighted by molar-refractivity contribution is 0.697. The van der Waals surface area contributed by atoms with Crippen LogP contribution in [0.15, 0.2) is 12.2 Å². The summed E-state index contributed by atoms with van der Waals surface area (Å²) in [7, 11) is 0. The van der Waals surface area contributed by atoms with Crippen molar-refractivity contribution in [3.05, 3.63) is 12.2 Å². The number of hydrogen-bond donors (Lipinski definition) is 0. The molecule has 0 aromatic carbocycles.